The molecule has 0 amide bonds. The molecular formula is C18H27FN2. The highest BCUT2D eigenvalue weighted by Gasteiger charge is 2.19. The number of nitrogens with one attached hydrogen (secondary N) is 1. The molecule has 0 radical (unpaired) electrons. The number of benzene rings is 1. The molecule has 2 saturated heterocycles. The van der Waals surface area contributed by atoms with Crippen LogP contribution in [0.25, 0.3) is 0 Å². The van der Waals surface area contributed by atoms with Crippen LogP contribution in [-0.2, 0) is 6.42 Å². The predicted octanol–water partition coefficient (Wildman–Crippen LogP) is 3.32. The van der Waals surface area contributed by atoms with Crippen molar-refractivity contribution in [1.82, 2.24) is 10.2 Å². The van der Waals surface area contributed by atoms with Gasteiger partial charge in [0.2, 0.25) is 0 Å². The quantitative estimate of drug-likeness (QED) is 0.895. The molecule has 3 heteroatoms. The first kappa shape index (κ1) is 15.0. The molecule has 2 nitrogen and oxygen atoms in total. The number of hydrogen-bond acceptors (Lipinski definition) is 2. The van der Waals surface area contributed by atoms with Crippen LogP contribution in [0.15, 0.2) is 18.2 Å². The van der Waals surface area contributed by atoms with E-state index in [4.69, 9.17) is 0 Å². The maximum Gasteiger partial charge on any atom is 0.123 e. The summed E-state index contributed by atoms with van der Waals surface area (Å²) in [6, 6.07) is 5.46. The Morgan fingerprint density at radius 2 is 1.90 bits per heavy atom. The van der Waals surface area contributed by atoms with Gasteiger partial charge in [-0.05, 0) is 100 Å². The lowest BCUT2D eigenvalue weighted by atomic mass is 9.86. The SMILES string of the molecule is Fc1ccc(C2CCNCC2)c(CCCN2CCCC2)c1. The Balaban J connectivity index is 1.62. The summed E-state index contributed by atoms with van der Waals surface area (Å²) in [7, 11) is 0. The predicted molar refractivity (Wildman–Crippen MR) is 85.2 cm³/mol. The highest BCUT2D eigenvalue weighted by Crippen LogP contribution is 2.29. The Labute approximate surface area is 127 Å². The molecule has 2 aliphatic heterocycles. The van der Waals surface area contributed by atoms with Crippen molar-refractivity contribution >= 4 is 0 Å². The van der Waals surface area contributed by atoms with Crippen molar-refractivity contribution in [3.05, 3.63) is 35.1 Å². The molecule has 0 bridgehead atoms. The summed E-state index contributed by atoms with van der Waals surface area (Å²) >= 11 is 0. The molecule has 0 unspecified atom stereocenters. The molecule has 1 N–H and O–H groups in total. The van der Waals surface area contributed by atoms with E-state index in [9.17, 15) is 4.39 Å². The highest BCUT2D eigenvalue weighted by atomic mass is 19.1. The van der Waals surface area contributed by atoms with Crippen LogP contribution in [-0.4, -0.2) is 37.6 Å². The van der Waals surface area contributed by atoms with E-state index in [1.165, 1.54) is 56.4 Å². The van der Waals surface area contributed by atoms with Gasteiger partial charge in [0, 0.05) is 0 Å². The second-order valence-corrected chi connectivity index (χ2v) is 6.52. The summed E-state index contributed by atoms with van der Waals surface area (Å²) in [5.74, 6) is 0.539. The third kappa shape index (κ3) is 4.04. The molecule has 2 heterocycles. The van der Waals surface area contributed by atoms with Crippen molar-refractivity contribution in [2.24, 2.45) is 0 Å². The fraction of sp³-hybridized carbons (Fsp3) is 0.667. The number of rotatable bonds is 5. The van der Waals surface area contributed by atoms with E-state index in [0.29, 0.717) is 5.92 Å². The standard InChI is InChI=1S/C18H27FN2/c19-17-5-6-18(15-7-9-20-10-8-15)16(14-17)4-3-13-21-11-1-2-12-21/h5-6,14-15,20H,1-4,7-13H2. The zero-order chi connectivity index (χ0) is 14.5. The first-order valence-corrected chi connectivity index (χ1v) is 8.54. The van der Waals surface area contributed by atoms with Crippen LogP contribution >= 0.6 is 0 Å². The summed E-state index contributed by atoms with van der Waals surface area (Å²) in [6.45, 7) is 5.86. The summed E-state index contributed by atoms with van der Waals surface area (Å²) < 4.78 is 13.6. The van der Waals surface area contributed by atoms with E-state index in [1.54, 1.807) is 12.1 Å². The molecule has 0 saturated carbocycles. The molecule has 0 aliphatic carbocycles. The van der Waals surface area contributed by atoms with Gasteiger partial charge >= 0.3 is 0 Å². The zero-order valence-corrected chi connectivity index (χ0v) is 12.9. The van der Waals surface area contributed by atoms with Crippen molar-refractivity contribution < 1.29 is 4.39 Å². The Hall–Kier alpha value is -0.930. The normalized spacial score (nSPS) is 21.0. The summed E-state index contributed by atoms with van der Waals surface area (Å²) in [5, 5.41) is 3.41. The van der Waals surface area contributed by atoms with Crippen LogP contribution in [0.3, 0.4) is 0 Å². The van der Waals surface area contributed by atoms with Gasteiger partial charge in [0.15, 0.2) is 0 Å². The first-order chi connectivity index (χ1) is 10.3. The van der Waals surface area contributed by atoms with Crippen LogP contribution in [0, 0.1) is 5.82 Å². The van der Waals surface area contributed by atoms with Crippen LogP contribution in [0.1, 0.15) is 49.1 Å². The molecule has 2 fully saturated rings. The monoisotopic (exact) mass is 290 g/mol. The lowest BCUT2D eigenvalue weighted by Crippen LogP contribution is -2.27. The lowest BCUT2D eigenvalue weighted by molar-refractivity contribution is 0.333. The second-order valence-electron chi connectivity index (χ2n) is 6.52. The molecule has 1 aromatic rings. The van der Waals surface area contributed by atoms with Crippen LogP contribution in [0.2, 0.25) is 0 Å². The van der Waals surface area contributed by atoms with Gasteiger partial charge < -0.3 is 10.2 Å². The third-order valence-electron chi connectivity index (χ3n) is 5.00. The van der Waals surface area contributed by atoms with Crippen LogP contribution < -0.4 is 5.32 Å². The fourth-order valence-corrected chi connectivity index (χ4v) is 3.82. The number of nitrogens with zero attached hydrogens (tertiary/aromatic N) is 1. The second kappa shape index (κ2) is 7.37. The molecule has 0 spiro atoms. The van der Waals surface area contributed by atoms with Gasteiger partial charge in [0.25, 0.3) is 0 Å². The van der Waals surface area contributed by atoms with Crippen molar-refractivity contribution in [1.29, 1.82) is 0 Å². The molecule has 116 valence electrons. The number of halogens is 1. The summed E-state index contributed by atoms with van der Waals surface area (Å²) in [5.41, 5.74) is 2.65. The lowest BCUT2D eigenvalue weighted by Gasteiger charge is -2.25. The van der Waals surface area contributed by atoms with E-state index in [-0.39, 0.29) is 5.82 Å². The van der Waals surface area contributed by atoms with Gasteiger partial charge in [0.1, 0.15) is 5.82 Å². The molecule has 3 rings (SSSR count). The Morgan fingerprint density at radius 3 is 2.67 bits per heavy atom. The number of piperidine rings is 1. The maximum atomic E-state index is 13.6. The van der Waals surface area contributed by atoms with E-state index < -0.39 is 0 Å². The van der Waals surface area contributed by atoms with E-state index in [0.717, 1.165) is 25.9 Å². The average molecular weight is 290 g/mol. The minimum atomic E-state index is -0.0798. The fourth-order valence-electron chi connectivity index (χ4n) is 3.82. The largest absolute Gasteiger partial charge is 0.317 e. The number of aryl methyl sites for hydroxylation is 1. The maximum absolute atomic E-state index is 13.6. The molecular weight excluding hydrogens is 263 g/mol. The van der Waals surface area contributed by atoms with Gasteiger partial charge in [-0.3, -0.25) is 0 Å². The minimum absolute atomic E-state index is 0.0798. The van der Waals surface area contributed by atoms with Gasteiger partial charge in [-0.15, -0.1) is 0 Å². The summed E-state index contributed by atoms with van der Waals surface area (Å²) in [6.07, 6.45) is 7.24. The molecule has 0 atom stereocenters. The highest BCUT2D eigenvalue weighted by molar-refractivity contribution is 5.31. The zero-order valence-electron chi connectivity index (χ0n) is 12.9. The van der Waals surface area contributed by atoms with E-state index in [2.05, 4.69) is 10.2 Å². The van der Waals surface area contributed by atoms with Crippen LogP contribution in [0.5, 0.6) is 0 Å². The van der Waals surface area contributed by atoms with Crippen molar-refractivity contribution in [3.63, 3.8) is 0 Å². The molecule has 0 aromatic heterocycles. The third-order valence-corrected chi connectivity index (χ3v) is 5.00. The topological polar surface area (TPSA) is 15.3 Å². The van der Waals surface area contributed by atoms with E-state index in [1.807, 2.05) is 6.07 Å². The van der Waals surface area contributed by atoms with Gasteiger partial charge in [-0.2, -0.15) is 0 Å². The van der Waals surface area contributed by atoms with E-state index >= 15 is 0 Å². The molecule has 2 aliphatic rings. The van der Waals surface area contributed by atoms with Crippen LogP contribution in [0.4, 0.5) is 4.39 Å². The van der Waals surface area contributed by atoms with Crippen molar-refractivity contribution in [3.8, 4) is 0 Å². The van der Waals surface area contributed by atoms with Gasteiger partial charge in [-0.25, -0.2) is 4.39 Å². The average Bonchev–Trinajstić information content (AvgIpc) is 3.02. The van der Waals surface area contributed by atoms with Crippen molar-refractivity contribution in [2.45, 2.75) is 44.4 Å². The van der Waals surface area contributed by atoms with Gasteiger partial charge in [0.05, 0.1) is 0 Å². The number of hydrogen-bond donors (Lipinski definition) is 1. The van der Waals surface area contributed by atoms with Crippen molar-refractivity contribution in [2.75, 3.05) is 32.7 Å². The molecule has 21 heavy (non-hydrogen) atoms. The summed E-state index contributed by atoms with van der Waals surface area (Å²) in [4.78, 5) is 2.55. The van der Waals surface area contributed by atoms with Gasteiger partial charge in [-0.1, -0.05) is 6.07 Å². The smallest absolute Gasteiger partial charge is 0.123 e. The Bertz CT molecular complexity index is 449. The number of likely N-dealkylation sites (tertiary alicyclic amines) is 1. The Morgan fingerprint density at radius 1 is 1.14 bits per heavy atom. The Kier molecular flexibility index (Phi) is 5.26. The minimum Gasteiger partial charge on any atom is -0.317 e. The first-order valence-electron chi connectivity index (χ1n) is 8.54. The molecule has 1 aromatic carbocycles.